The van der Waals surface area contributed by atoms with Crippen LogP contribution in [0.5, 0.6) is 0 Å². The van der Waals surface area contributed by atoms with E-state index in [9.17, 15) is 0 Å². The summed E-state index contributed by atoms with van der Waals surface area (Å²) in [7, 11) is 1.97. The third-order valence-corrected chi connectivity index (χ3v) is 3.53. The lowest BCUT2D eigenvalue weighted by Gasteiger charge is -2.19. The van der Waals surface area contributed by atoms with Gasteiger partial charge in [-0.15, -0.1) is 0 Å². The maximum Gasteiger partial charge on any atom is 0.0748 e. The number of nitrogens with one attached hydrogen (secondary N) is 1. The van der Waals surface area contributed by atoms with Crippen molar-refractivity contribution in [2.24, 2.45) is 7.05 Å². The maximum absolute atomic E-state index is 4.44. The second-order valence-corrected chi connectivity index (χ2v) is 4.83. The Morgan fingerprint density at radius 1 is 1.20 bits per heavy atom. The highest BCUT2D eigenvalue weighted by Gasteiger charge is 2.16. The number of aromatic nitrogens is 3. The fourth-order valence-corrected chi connectivity index (χ4v) is 2.53. The molecule has 4 heteroatoms. The van der Waals surface area contributed by atoms with Crippen molar-refractivity contribution < 1.29 is 0 Å². The Morgan fingerprint density at radius 3 is 2.85 bits per heavy atom. The first kappa shape index (κ1) is 12.8. The van der Waals surface area contributed by atoms with Gasteiger partial charge in [0.05, 0.1) is 17.3 Å². The van der Waals surface area contributed by atoms with Crippen molar-refractivity contribution in [3.63, 3.8) is 0 Å². The van der Waals surface area contributed by atoms with Gasteiger partial charge in [0.15, 0.2) is 0 Å². The van der Waals surface area contributed by atoms with Crippen molar-refractivity contribution >= 4 is 10.9 Å². The van der Waals surface area contributed by atoms with E-state index in [0.29, 0.717) is 0 Å². The average molecular weight is 266 g/mol. The van der Waals surface area contributed by atoms with Crippen molar-refractivity contribution in [2.75, 3.05) is 6.54 Å². The van der Waals surface area contributed by atoms with Gasteiger partial charge in [-0.1, -0.05) is 25.1 Å². The van der Waals surface area contributed by atoms with Crippen LogP contribution in [-0.2, 0) is 7.05 Å². The Morgan fingerprint density at radius 2 is 2.10 bits per heavy atom. The molecule has 1 atom stereocenters. The Balaban J connectivity index is 2.07. The molecule has 0 aliphatic heterocycles. The molecular weight excluding hydrogens is 248 g/mol. The molecular formula is C16H18N4. The van der Waals surface area contributed by atoms with Crippen LogP contribution in [0.2, 0.25) is 0 Å². The van der Waals surface area contributed by atoms with Crippen LogP contribution in [0.1, 0.15) is 24.2 Å². The van der Waals surface area contributed by atoms with Crippen LogP contribution in [0.25, 0.3) is 10.9 Å². The highest BCUT2D eigenvalue weighted by Crippen LogP contribution is 2.24. The lowest BCUT2D eigenvalue weighted by Crippen LogP contribution is -2.24. The van der Waals surface area contributed by atoms with Gasteiger partial charge in [-0.3, -0.25) is 9.67 Å². The van der Waals surface area contributed by atoms with Gasteiger partial charge in [-0.2, -0.15) is 5.10 Å². The van der Waals surface area contributed by atoms with E-state index in [1.807, 2.05) is 30.2 Å². The van der Waals surface area contributed by atoms with E-state index in [4.69, 9.17) is 0 Å². The van der Waals surface area contributed by atoms with E-state index in [0.717, 1.165) is 23.1 Å². The fourth-order valence-electron chi connectivity index (χ4n) is 2.53. The van der Waals surface area contributed by atoms with E-state index in [1.165, 1.54) is 5.56 Å². The van der Waals surface area contributed by atoms with Gasteiger partial charge in [-0.25, -0.2) is 0 Å². The monoisotopic (exact) mass is 266 g/mol. The standard InChI is InChI=1S/C16H18N4/c1-3-17-16(15-8-10-19-20(15)2)13-7-6-12-5-4-9-18-14(12)11-13/h4-11,16-17H,3H2,1-2H3. The minimum Gasteiger partial charge on any atom is -0.305 e. The quantitative estimate of drug-likeness (QED) is 0.789. The lowest BCUT2D eigenvalue weighted by molar-refractivity contribution is 0.573. The van der Waals surface area contributed by atoms with E-state index in [-0.39, 0.29) is 6.04 Å². The predicted octanol–water partition coefficient (Wildman–Crippen LogP) is 2.67. The SMILES string of the molecule is CCNC(c1ccc2cccnc2c1)c1ccnn1C. The number of fused-ring (bicyclic) bond motifs is 1. The average Bonchev–Trinajstić information content (AvgIpc) is 2.90. The van der Waals surface area contributed by atoms with Crippen LogP contribution in [0.3, 0.4) is 0 Å². The number of pyridine rings is 1. The zero-order chi connectivity index (χ0) is 13.9. The summed E-state index contributed by atoms with van der Waals surface area (Å²) in [5.41, 5.74) is 3.39. The molecule has 0 spiro atoms. The molecule has 4 nitrogen and oxygen atoms in total. The molecule has 0 saturated heterocycles. The van der Waals surface area contributed by atoms with Gasteiger partial charge in [0.25, 0.3) is 0 Å². The highest BCUT2D eigenvalue weighted by atomic mass is 15.3. The zero-order valence-electron chi connectivity index (χ0n) is 11.7. The van der Waals surface area contributed by atoms with E-state index in [1.54, 1.807) is 0 Å². The third kappa shape index (κ3) is 2.30. The molecule has 3 rings (SSSR count). The first-order valence-electron chi connectivity index (χ1n) is 6.85. The number of benzene rings is 1. The summed E-state index contributed by atoms with van der Waals surface area (Å²) in [6.07, 6.45) is 3.66. The van der Waals surface area contributed by atoms with Crippen molar-refractivity contribution in [3.8, 4) is 0 Å². The van der Waals surface area contributed by atoms with E-state index >= 15 is 0 Å². The topological polar surface area (TPSA) is 42.7 Å². The number of hydrogen-bond acceptors (Lipinski definition) is 3. The molecule has 102 valence electrons. The van der Waals surface area contributed by atoms with Crippen LogP contribution in [0.15, 0.2) is 48.8 Å². The second-order valence-electron chi connectivity index (χ2n) is 4.83. The Kier molecular flexibility index (Phi) is 3.48. The Bertz CT molecular complexity index is 717. The first-order chi connectivity index (χ1) is 9.79. The second kappa shape index (κ2) is 5.43. The third-order valence-electron chi connectivity index (χ3n) is 3.53. The molecule has 0 aliphatic rings. The van der Waals surface area contributed by atoms with Gasteiger partial charge in [-0.05, 0) is 30.3 Å². The van der Waals surface area contributed by atoms with Gasteiger partial charge < -0.3 is 5.32 Å². The number of aryl methyl sites for hydroxylation is 1. The van der Waals surface area contributed by atoms with Crippen molar-refractivity contribution in [1.29, 1.82) is 0 Å². The number of hydrogen-bond donors (Lipinski definition) is 1. The number of rotatable bonds is 4. The van der Waals surface area contributed by atoms with Gasteiger partial charge in [0.2, 0.25) is 0 Å². The van der Waals surface area contributed by atoms with Gasteiger partial charge in [0.1, 0.15) is 0 Å². The van der Waals surface area contributed by atoms with Crippen LogP contribution in [0, 0.1) is 0 Å². The molecule has 2 heterocycles. The highest BCUT2D eigenvalue weighted by molar-refractivity contribution is 5.79. The van der Waals surface area contributed by atoms with Crippen LogP contribution in [0.4, 0.5) is 0 Å². The van der Waals surface area contributed by atoms with Crippen molar-refractivity contribution in [3.05, 3.63) is 60.0 Å². The molecule has 1 unspecified atom stereocenters. The Labute approximate surface area is 118 Å². The first-order valence-corrected chi connectivity index (χ1v) is 6.85. The molecule has 1 aromatic carbocycles. The summed E-state index contributed by atoms with van der Waals surface area (Å²) < 4.78 is 1.91. The lowest BCUT2D eigenvalue weighted by atomic mass is 10.0. The summed E-state index contributed by atoms with van der Waals surface area (Å²) in [6, 6.07) is 12.7. The van der Waals surface area contributed by atoms with Crippen LogP contribution < -0.4 is 5.32 Å². The Hall–Kier alpha value is -2.20. The van der Waals surface area contributed by atoms with E-state index in [2.05, 4.69) is 52.7 Å². The molecule has 0 aliphatic carbocycles. The summed E-state index contributed by atoms with van der Waals surface area (Å²) in [6.45, 7) is 3.01. The van der Waals surface area contributed by atoms with Gasteiger partial charge >= 0.3 is 0 Å². The summed E-state index contributed by atoms with van der Waals surface area (Å²) in [4.78, 5) is 4.44. The smallest absolute Gasteiger partial charge is 0.0748 e. The van der Waals surface area contributed by atoms with Gasteiger partial charge in [0, 0.05) is 24.8 Å². The molecule has 1 N–H and O–H groups in total. The molecule has 0 fully saturated rings. The van der Waals surface area contributed by atoms with Crippen molar-refractivity contribution in [1.82, 2.24) is 20.1 Å². The number of nitrogens with zero attached hydrogens (tertiary/aromatic N) is 3. The minimum absolute atomic E-state index is 0.138. The largest absolute Gasteiger partial charge is 0.305 e. The van der Waals surface area contributed by atoms with Crippen LogP contribution >= 0.6 is 0 Å². The zero-order valence-corrected chi connectivity index (χ0v) is 11.7. The molecule has 3 aromatic rings. The predicted molar refractivity (Wildman–Crippen MR) is 80.5 cm³/mol. The molecule has 0 amide bonds. The summed E-state index contributed by atoms with van der Waals surface area (Å²) in [5, 5.41) is 8.95. The van der Waals surface area contributed by atoms with Crippen molar-refractivity contribution in [2.45, 2.75) is 13.0 Å². The molecule has 0 saturated carbocycles. The fraction of sp³-hybridized carbons (Fsp3) is 0.250. The summed E-state index contributed by atoms with van der Waals surface area (Å²) >= 11 is 0. The minimum atomic E-state index is 0.138. The normalized spacial score (nSPS) is 12.7. The van der Waals surface area contributed by atoms with E-state index < -0.39 is 0 Å². The summed E-state index contributed by atoms with van der Waals surface area (Å²) in [5.74, 6) is 0. The maximum atomic E-state index is 4.44. The molecule has 2 aromatic heterocycles. The molecule has 0 bridgehead atoms. The van der Waals surface area contributed by atoms with Crippen LogP contribution in [-0.4, -0.2) is 21.3 Å². The molecule has 0 radical (unpaired) electrons. The molecule has 20 heavy (non-hydrogen) atoms.